The molecule has 2 rings (SSSR count). The van der Waals surface area contributed by atoms with Crippen molar-refractivity contribution in [1.82, 2.24) is 5.32 Å². The van der Waals surface area contributed by atoms with Crippen LogP contribution in [0.15, 0.2) is 17.5 Å². The van der Waals surface area contributed by atoms with Crippen LogP contribution >= 0.6 is 11.3 Å². The molecule has 0 amide bonds. The molecule has 1 aromatic heterocycles. The molecule has 0 spiro atoms. The standard InChI is InChI=1S/C14H13F2NO3S/c1-17-5-10-11(14(18)19)8(6-21-10)7-3-4-9(15)13(20-2)12(7)16/h3-4,6,17H,5H2,1-2H3,(H,18,19). The largest absolute Gasteiger partial charge is 0.491 e. The number of rotatable bonds is 5. The van der Waals surface area contributed by atoms with Crippen molar-refractivity contribution in [1.29, 1.82) is 0 Å². The number of ether oxygens (including phenoxy) is 1. The van der Waals surface area contributed by atoms with Crippen molar-refractivity contribution in [2.45, 2.75) is 6.54 Å². The minimum atomic E-state index is -1.15. The van der Waals surface area contributed by atoms with Crippen molar-refractivity contribution in [2.24, 2.45) is 0 Å². The molecule has 0 aliphatic heterocycles. The Morgan fingerprint density at radius 2 is 2.10 bits per heavy atom. The summed E-state index contributed by atoms with van der Waals surface area (Å²) in [5.74, 6) is -3.42. The van der Waals surface area contributed by atoms with Gasteiger partial charge in [-0.3, -0.25) is 0 Å². The smallest absolute Gasteiger partial charge is 0.337 e. The first kappa shape index (κ1) is 15.4. The minimum absolute atomic E-state index is 0.00394. The monoisotopic (exact) mass is 313 g/mol. The Bertz CT molecular complexity index is 685. The number of nitrogens with one attached hydrogen (secondary N) is 1. The van der Waals surface area contributed by atoms with Crippen LogP contribution in [0.4, 0.5) is 8.78 Å². The molecule has 0 fully saturated rings. The molecule has 4 nitrogen and oxygen atoms in total. The first-order valence-corrected chi connectivity index (χ1v) is 6.89. The van der Waals surface area contributed by atoms with E-state index in [1.54, 1.807) is 12.4 Å². The van der Waals surface area contributed by atoms with Crippen LogP contribution < -0.4 is 10.1 Å². The van der Waals surface area contributed by atoms with E-state index in [-0.39, 0.29) is 16.7 Å². The number of benzene rings is 1. The summed E-state index contributed by atoms with van der Waals surface area (Å²) in [5.41, 5.74) is 0.236. The van der Waals surface area contributed by atoms with Crippen LogP contribution in [-0.4, -0.2) is 25.2 Å². The third kappa shape index (κ3) is 2.74. The third-order valence-electron chi connectivity index (χ3n) is 2.96. The van der Waals surface area contributed by atoms with Gasteiger partial charge in [-0.2, -0.15) is 0 Å². The second-order valence-electron chi connectivity index (χ2n) is 4.23. The van der Waals surface area contributed by atoms with Gasteiger partial charge in [0.15, 0.2) is 17.4 Å². The van der Waals surface area contributed by atoms with Crippen LogP contribution in [0.5, 0.6) is 5.75 Å². The number of aromatic carboxylic acids is 1. The lowest BCUT2D eigenvalue weighted by Gasteiger charge is -2.09. The van der Waals surface area contributed by atoms with E-state index in [2.05, 4.69) is 10.1 Å². The molecule has 0 radical (unpaired) electrons. The highest BCUT2D eigenvalue weighted by atomic mass is 32.1. The molecule has 0 saturated heterocycles. The van der Waals surface area contributed by atoms with Gasteiger partial charge in [0, 0.05) is 22.5 Å². The first-order valence-electron chi connectivity index (χ1n) is 6.01. The van der Waals surface area contributed by atoms with E-state index < -0.39 is 23.4 Å². The Hall–Kier alpha value is -1.99. The zero-order chi connectivity index (χ0) is 15.6. The molecular weight excluding hydrogens is 300 g/mol. The van der Waals surface area contributed by atoms with Gasteiger partial charge in [0.25, 0.3) is 0 Å². The topological polar surface area (TPSA) is 58.6 Å². The fourth-order valence-corrected chi connectivity index (χ4v) is 3.10. The van der Waals surface area contributed by atoms with Crippen molar-refractivity contribution < 1.29 is 23.4 Å². The summed E-state index contributed by atoms with van der Waals surface area (Å²) in [6.07, 6.45) is 0. The van der Waals surface area contributed by atoms with Gasteiger partial charge in [-0.1, -0.05) is 0 Å². The van der Waals surface area contributed by atoms with Gasteiger partial charge < -0.3 is 15.2 Å². The molecule has 1 aromatic carbocycles. The van der Waals surface area contributed by atoms with Crippen LogP contribution in [-0.2, 0) is 6.54 Å². The highest BCUT2D eigenvalue weighted by Crippen LogP contribution is 2.37. The Morgan fingerprint density at radius 1 is 1.38 bits per heavy atom. The zero-order valence-corrected chi connectivity index (χ0v) is 12.2. The van der Waals surface area contributed by atoms with E-state index in [1.165, 1.54) is 17.4 Å². The summed E-state index contributed by atoms with van der Waals surface area (Å²) >= 11 is 1.21. The lowest BCUT2D eigenvalue weighted by molar-refractivity contribution is 0.0697. The van der Waals surface area contributed by atoms with E-state index in [9.17, 15) is 18.7 Å². The van der Waals surface area contributed by atoms with Gasteiger partial charge in [-0.25, -0.2) is 13.6 Å². The summed E-state index contributed by atoms with van der Waals surface area (Å²) in [4.78, 5) is 12.0. The maximum Gasteiger partial charge on any atom is 0.337 e. The number of hydrogen-bond acceptors (Lipinski definition) is 4. The van der Waals surface area contributed by atoms with Crippen LogP contribution in [0.1, 0.15) is 15.2 Å². The fraction of sp³-hybridized carbons (Fsp3) is 0.214. The van der Waals surface area contributed by atoms with Crippen molar-refractivity contribution in [3.05, 3.63) is 39.6 Å². The molecule has 112 valence electrons. The maximum atomic E-state index is 14.3. The quantitative estimate of drug-likeness (QED) is 0.890. The Balaban J connectivity index is 2.65. The number of methoxy groups -OCH3 is 1. The molecule has 0 unspecified atom stereocenters. The zero-order valence-electron chi connectivity index (χ0n) is 11.4. The summed E-state index contributed by atoms with van der Waals surface area (Å²) < 4.78 is 32.4. The molecule has 7 heteroatoms. The molecule has 21 heavy (non-hydrogen) atoms. The van der Waals surface area contributed by atoms with E-state index in [4.69, 9.17) is 0 Å². The van der Waals surface area contributed by atoms with E-state index in [0.717, 1.165) is 13.2 Å². The van der Waals surface area contributed by atoms with Crippen molar-refractivity contribution in [3.8, 4) is 16.9 Å². The Morgan fingerprint density at radius 3 is 2.67 bits per heavy atom. The van der Waals surface area contributed by atoms with Crippen LogP contribution in [0.3, 0.4) is 0 Å². The molecule has 1 heterocycles. The SMILES string of the molecule is CNCc1scc(-c2ccc(F)c(OC)c2F)c1C(=O)O. The van der Waals surface area contributed by atoms with Crippen molar-refractivity contribution >= 4 is 17.3 Å². The number of carboxylic acids is 1. The number of halogens is 2. The second-order valence-corrected chi connectivity index (χ2v) is 5.19. The molecule has 2 aromatic rings. The van der Waals surface area contributed by atoms with Gasteiger partial charge >= 0.3 is 5.97 Å². The summed E-state index contributed by atoms with van der Waals surface area (Å²) in [5, 5.41) is 13.8. The lowest BCUT2D eigenvalue weighted by Crippen LogP contribution is -2.09. The van der Waals surface area contributed by atoms with E-state index >= 15 is 0 Å². The summed E-state index contributed by atoms with van der Waals surface area (Å²) in [7, 11) is 2.84. The predicted octanol–water partition coefficient (Wildman–Crippen LogP) is 3.12. The van der Waals surface area contributed by atoms with Crippen LogP contribution in [0.2, 0.25) is 0 Å². The summed E-state index contributed by atoms with van der Waals surface area (Å²) in [6.45, 7) is 0.353. The van der Waals surface area contributed by atoms with Gasteiger partial charge in [0.1, 0.15) is 0 Å². The Labute approximate surface area is 124 Å². The molecule has 0 saturated carbocycles. The van der Waals surface area contributed by atoms with Gasteiger partial charge in [-0.15, -0.1) is 11.3 Å². The first-order chi connectivity index (χ1) is 10.0. The number of thiophene rings is 1. The van der Waals surface area contributed by atoms with E-state index in [1.807, 2.05) is 0 Å². The minimum Gasteiger partial charge on any atom is -0.491 e. The second kappa shape index (κ2) is 6.19. The number of carboxylic acid groups (broad SMARTS) is 1. The van der Waals surface area contributed by atoms with Crippen LogP contribution in [0, 0.1) is 11.6 Å². The third-order valence-corrected chi connectivity index (χ3v) is 3.95. The predicted molar refractivity (Wildman–Crippen MR) is 75.9 cm³/mol. The number of hydrogen-bond donors (Lipinski definition) is 2. The number of carbonyl (C=O) groups is 1. The Kier molecular flexibility index (Phi) is 4.54. The average molecular weight is 313 g/mol. The highest BCUT2D eigenvalue weighted by Gasteiger charge is 2.23. The van der Waals surface area contributed by atoms with E-state index in [0.29, 0.717) is 11.4 Å². The molecular formula is C14H13F2NO3S. The molecule has 2 N–H and O–H groups in total. The van der Waals surface area contributed by atoms with Gasteiger partial charge in [-0.05, 0) is 24.6 Å². The lowest BCUT2D eigenvalue weighted by atomic mass is 10.0. The maximum absolute atomic E-state index is 14.3. The van der Waals surface area contributed by atoms with Gasteiger partial charge in [0.2, 0.25) is 0 Å². The normalized spacial score (nSPS) is 10.7. The summed E-state index contributed by atoms with van der Waals surface area (Å²) in [6, 6.07) is 2.27. The molecule has 0 atom stereocenters. The van der Waals surface area contributed by atoms with Gasteiger partial charge in [0.05, 0.1) is 12.7 Å². The van der Waals surface area contributed by atoms with Crippen molar-refractivity contribution in [3.63, 3.8) is 0 Å². The molecule has 0 aliphatic carbocycles. The highest BCUT2D eigenvalue weighted by molar-refractivity contribution is 7.10. The van der Waals surface area contributed by atoms with Crippen molar-refractivity contribution in [2.75, 3.05) is 14.2 Å². The van der Waals surface area contributed by atoms with Crippen LogP contribution in [0.25, 0.3) is 11.1 Å². The average Bonchev–Trinajstić information content (AvgIpc) is 2.83. The fourth-order valence-electron chi connectivity index (χ4n) is 2.05. The molecule has 0 aliphatic rings. The molecule has 0 bridgehead atoms.